The van der Waals surface area contributed by atoms with Crippen molar-refractivity contribution in [2.75, 3.05) is 13.1 Å². The fourth-order valence-electron chi connectivity index (χ4n) is 1.90. The van der Waals surface area contributed by atoms with Gasteiger partial charge in [-0.15, -0.1) is 34.2 Å². The minimum absolute atomic E-state index is 0. The number of aromatic nitrogens is 4. The maximum atomic E-state index is 4.54. The van der Waals surface area contributed by atoms with Crippen LogP contribution < -0.4 is 10.6 Å². The SMILES string of the molecule is CCNC(=NCc1nnc(C)n1C)NCCn1cccc1.I. The quantitative estimate of drug-likeness (QED) is 0.422. The first-order chi connectivity index (χ1) is 10.2. The molecule has 8 heteroatoms. The Morgan fingerprint density at radius 1 is 1.23 bits per heavy atom. The molecule has 0 aromatic carbocycles. The Hall–Kier alpha value is -1.58. The summed E-state index contributed by atoms with van der Waals surface area (Å²) in [4.78, 5) is 4.54. The van der Waals surface area contributed by atoms with E-state index in [4.69, 9.17) is 0 Å². The highest BCUT2D eigenvalue weighted by atomic mass is 127. The molecular weight excluding hydrogens is 393 g/mol. The Labute approximate surface area is 148 Å². The van der Waals surface area contributed by atoms with E-state index >= 15 is 0 Å². The van der Waals surface area contributed by atoms with Crippen molar-refractivity contribution in [3.8, 4) is 0 Å². The van der Waals surface area contributed by atoms with Crippen molar-refractivity contribution in [3.63, 3.8) is 0 Å². The molecule has 2 heterocycles. The largest absolute Gasteiger partial charge is 0.357 e. The van der Waals surface area contributed by atoms with Crippen molar-refractivity contribution >= 4 is 29.9 Å². The van der Waals surface area contributed by atoms with Crippen LogP contribution in [0.3, 0.4) is 0 Å². The minimum atomic E-state index is 0. The number of halogens is 1. The molecule has 0 bridgehead atoms. The summed E-state index contributed by atoms with van der Waals surface area (Å²) in [6.07, 6.45) is 4.10. The summed E-state index contributed by atoms with van der Waals surface area (Å²) in [6.45, 7) is 7.04. The Balaban J connectivity index is 0.00000242. The molecule has 0 atom stereocenters. The van der Waals surface area contributed by atoms with Gasteiger partial charge in [-0.3, -0.25) is 0 Å². The Bertz CT molecular complexity index is 574. The van der Waals surface area contributed by atoms with Crippen LogP contribution in [0.1, 0.15) is 18.6 Å². The first kappa shape index (κ1) is 18.5. The van der Waals surface area contributed by atoms with E-state index in [2.05, 4.69) is 37.3 Å². The molecule has 0 spiro atoms. The highest BCUT2D eigenvalue weighted by molar-refractivity contribution is 14.0. The number of aryl methyl sites for hydroxylation is 1. The number of hydrogen-bond acceptors (Lipinski definition) is 3. The molecule has 2 N–H and O–H groups in total. The van der Waals surface area contributed by atoms with Crippen LogP contribution in [0.15, 0.2) is 29.5 Å². The van der Waals surface area contributed by atoms with E-state index in [9.17, 15) is 0 Å². The van der Waals surface area contributed by atoms with E-state index in [0.29, 0.717) is 6.54 Å². The molecule has 22 heavy (non-hydrogen) atoms. The fraction of sp³-hybridized carbons (Fsp3) is 0.500. The summed E-state index contributed by atoms with van der Waals surface area (Å²) < 4.78 is 4.08. The molecule has 0 saturated carbocycles. The molecule has 0 unspecified atom stereocenters. The van der Waals surface area contributed by atoms with Gasteiger partial charge in [0.25, 0.3) is 0 Å². The van der Waals surface area contributed by atoms with Gasteiger partial charge < -0.3 is 19.8 Å². The smallest absolute Gasteiger partial charge is 0.191 e. The van der Waals surface area contributed by atoms with Crippen molar-refractivity contribution in [3.05, 3.63) is 36.2 Å². The van der Waals surface area contributed by atoms with Crippen molar-refractivity contribution in [2.24, 2.45) is 12.0 Å². The predicted molar refractivity (Wildman–Crippen MR) is 98.4 cm³/mol. The summed E-state index contributed by atoms with van der Waals surface area (Å²) >= 11 is 0. The second kappa shape index (κ2) is 9.44. The average molecular weight is 417 g/mol. The second-order valence-electron chi connectivity index (χ2n) is 4.77. The summed E-state index contributed by atoms with van der Waals surface area (Å²) in [7, 11) is 1.95. The second-order valence-corrected chi connectivity index (χ2v) is 4.77. The van der Waals surface area contributed by atoms with Gasteiger partial charge >= 0.3 is 0 Å². The molecule has 2 aromatic heterocycles. The Morgan fingerprint density at radius 2 is 1.95 bits per heavy atom. The Kier molecular flexibility index (Phi) is 7.92. The number of nitrogens with one attached hydrogen (secondary N) is 2. The maximum Gasteiger partial charge on any atom is 0.191 e. The van der Waals surface area contributed by atoms with Gasteiger partial charge in [0.05, 0.1) is 0 Å². The monoisotopic (exact) mass is 417 g/mol. The number of hydrogen-bond donors (Lipinski definition) is 2. The van der Waals surface area contributed by atoms with E-state index in [0.717, 1.165) is 37.2 Å². The number of guanidine groups is 1. The van der Waals surface area contributed by atoms with Crippen molar-refractivity contribution < 1.29 is 0 Å². The molecule has 7 nitrogen and oxygen atoms in total. The topological polar surface area (TPSA) is 72.1 Å². The number of aliphatic imine (C=N–C) groups is 1. The molecule has 0 aliphatic rings. The first-order valence-corrected chi connectivity index (χ1v) is 7.18. The Morgan fingerprint density at radius 3 is 2.55 bits per heavy atom. The van der Waals surface area contributed by atoms with Gasteiger partial charge in [-0.2, -0.15) is 0 Å². The maximum absolute atomic E-state index is 4.54. The lowest BCUT2D eigenvalue weighted by Crippen LogP contribution is -2.38. The normalized spacial score (nSPS) is 11.1. The summed E-state index contributed by atoms with van der Waals surface area (Å²) in [6, 6.07) is 4.05. The molecule has 0 fully saturated rings. The van der Waals surface area contributed by atoms with Gasteiger partial charge in [-0.25, -0.2) is 4.99 Å². The zero-order valence-electron chi connectivity index (χ0n) is 13.3. The van der Waals surface area contributed by atoms with E-state index < -0.39 is 0 Å². The molecule has 2 aromatic rings. The third-order valence-electron chi connectivity index (χ3n) is 3.23. The highest BCUT2D eigenvalue weighted by Gasteiger charge is 2.04. The summed E-state index contributed by atoms with van der Waals surface area (Å²) in [5.74, 6) is 2.55. The molecule has 0 radical (unpaired) electrons. The van der Waals surface area contributed by atoms with Gasteiger partial charge in [-0.1, -0.05) is 0 Å². The molecule has 0 aliphatic heterocycles. The van der Waals surface area contributed by atoms with Crippen molar-refractivity contribution in [1.29, 1.82) is 0 Å². The third kappa shape index (κ3) is 5.32. The fourth-order valence-corrected chi connectivity index (χ4v) is 1.90. The van der Waals surface area contributed by atoms with E-state index in [-0.39, 0.29) is 24.0 Å². The highest BCUT2D eigenvalue weighted by Crippen LogP contribution is 1.98. The lowest BCUT2D eigenvalue weighted by Gasteiger charge is -2.11. The van der Waals surface area contributed by atoms with Crippen molar-refractivity contribution in [1.82, 2.24) is 30.0 Å². The summed E-state index contributed by atoms with van der Waals surface area (Å²) in [5.41, 5.74) is 0. The van der Waals surface area contributed by atoms with Crippen LogP contribution in [0.25, 0.3) is 0 Å². The van der Waals surface area contributed by atoms with Crippen LogP contribution in [0, 0.1) is 6.92 Å². The molecule has 0 aliphatic carbocycles. The van der Waals surface area contributed by atoms with Crippen LogP contribution in [0.5, 0.6) is 0 Å². The van der Waals surface area contributed by atoms with E-state index in [1.807, 2.05) is 43.1 Å². The van der Waals surface area contributed by atoms with Gasteiger partial charge in [0.1, 0.15) is 12.4 Å². The standard InChI is InChI=1S/C14H23N7.HI/c1-4-15-14(16-7-10-21-8-5-6-9-21)17-11-13-19-18-12(2)20(13)3;/h5-6,8-9H,4,7,10-11H2,1-3H3,(H2,15,16,17);1H. The van der Waals surface area contributed by atoms with Crippen LogP contribution in [0.2, 0.25) is 0 Å². The molecular formula is C14H24IN7. The van der Waals surface area contributed by atoms with Crippen LogP contribution in [-0.2, 0) is 20.1 Å². The molecule has 0 amide bonds. The van der Waals surface area contributed by atoms with E-state index in [1.165, 1.54) is 0 Å². The van der Waals surface area contributed by atoms with Crippen LogP contribution in [-0.4, -0.2) is 38.4 Å². The van der Waals surface area contributed by atoms with Gasteiger partial charge in [-0.05, 0) is 26.0 Å². The first-order valence-electron chi connectivity index (χ1n) is 7.18. The molecule has 2 rings (SSSR count). The number of nitrogens with zero attached hydrogens (tertiary/aromatic N) is 5. The zero-order valence-corrected chi connectivity index (χ0v) is 15.6. The van der Waals surface area contributed by atoms with Crippen LogP contribution >= 0.6 is 24.0 Å². The number of rotatable bonds is 6. The lowest BCUT2D eigenvalue weighted by molar-refractivity contribution is 0.664. The lowest BCUT2D eigenvalue weighted by atomic mass is 10.5. The van der Waals surface area contributed by atoms with Crippen LogP contribution in [0.4, 0.5) is 0 Å². The van der Waals surface area contributed by atoms with Crippen molar-refractivity contribution in [2.45, 2.75) is 26.9 Å². The molecule has 122 valence electrons. The van der Waals surface area contributed by atoms with Gasteiger partial charge in [0.2, 0.25) is 0 Å². The van der Waals surface area contributed by atoms with E-state index in [1.54, 1.807) is 0 Å². The van der Waals surface area contributed by atoms with Gasteiger partial charge in [0, 0.05) is 39.1 Å². The summed E-state index contributed by atoms with van der Waals surface area (Å²) in [5, 5.41) is 14.7. The third-order valence-corrected chi connectivity index (χ3v) is 3.23. The zero-order chi connectivity index (χ0) is 15.1. The molecule has 0 saturated heterocycles. The predicted octanol–water partition coefficient (Wildman–Crippen LogP) is 1.30. The average Bonchev–Trinajstić information content (AvgIpc) is 3.09. The minimum Gasteiger partial charge on any atom is -0.357 e. The van der Waals surface area contributed by atoms with Gasteiger partial charge in [0.15, 0.2) is 11.8 Å².